The molecule has 1 aliphatic heterocycles. The van der Waals surface area contributed by atoms with Crippen molar-refractivity contribution in [2.24, 2.45) is 0 Å². The second kappa shape index (κ2) is 9.20. The Morgan fingerprint density at radius 3 is 2.17 bits per heavy atom. The normalized spacial score (nSPS) is 13.3. The first-order valence-corrected chi connectivity index (χ1v) is 13.0. The lowest BCUT2D eigenvalue weighted by molar-refractivity contribution is -0.117. The summed E-state index contributed by atoms with van der Waals surface area (Å²) in [6.07, 6.45) is 3.88. The van der Waals surface area contributed by atoms with E-state index in [0.29, 0.717) is 28.8 Å². The van der Waals surface area contributed by atoms with Crippen LogP contribution in [0.15, 0.2) is 109 Å². The van der Waals surface area contributed by atoms with E-state index in [9.17, 15) is 4.79 Å². The van der Waals surface area contributed by atoms with Gasteiger partial charge in [-0.15, -0.1) is 0 Å². The molecule has 35 heavy (non-hydrogen) atoms. The fourth-order valence-corrected chi connectivity index (χ4v) is 6.13. The number of furan rings is 2. The van der Waals surface area contributed by atoms with Gasteiger partial charge in [-0.05, 0) is 55.0 Å². The number of nitrogens with one attached hydrogen (secondary N) is 1. The van der Waals surface area contributed by atoms with Crippen molar-refractivity contribution in [1.29, 1.82) is 0 Å². The minimum absolute atomic E-state index is 0.0215. The largest absolute Gasteiger partial charge is 0.463 e. The summed E-state index contributed by atoms with van der Waals surface area (Å²) in [6.45, 7) is 2.02. The monoisotopic (exact) mass is 499 g/mol. The van der Waals surface area contributed by atoms with Crippen LogP contribution in [0.3, 0.4) is 0 Å². The molecule has 0 saturated carbocycles. The van der Waals surface area contributed by atoms with Crippen molar-refractivity contribution in [3.8, 4) is 22.9 Å². The highest BCUT2D eigenvalue weighted by atomic mass is 32.2. The van der Waals surface area contributed by atoms with Gasteiger partial charge in [-0.2, -0.15) is 0 Å². The van der Waals surface area contributed by atoms with Crippen LogP contribution in [0.25, 0.3) is 22.9 Å². The van der Waals surface area contributed by atoms with Gasteiger partial charge >= 0.3 is 0 Å². The van der Waals surface area contributed by atoms with E-state index >= 15 is 0 Å². The Labute approximate surface area is 210 Å². The zero-order valence-electron chi connectivity index (χ0n) is 18.8. The number of benzene rings is 2. The van der Waals surface area contributed by atoms with Gasteiger partial charge < -0.3 is 13.8 Å². The van der Waals surface area contributed by atoms with Crippen molar-refractivity contribution >= 4 is 40.8 Å². The summed E-state index contributed by atoms with van der Waals surface area (Å²) in [5.74, 6) is 1.31. The molecule has 2 aromatic carbocycles. The predicted molar refractivity (Wildman–Crippen MR) is 138 cm³/mol. The number of aromatic nitrogens is 2. The molecule has 0 aliphatic carbocycles. The van der Waals surface area contributed by atoms with Crippen molar-refractivity contribution in [3.05, 3.63) is 85.3 Å². The number of rotatable bonds is 6. The molecule has 1 unspecified atom stereocenters. The molecule has 1 aliphatic rings. The Balaban J connectivity index is 1.36. The van der Waals surface area contributed by atoms with Crippen LogP contribution in [0.1, 0.15) is 13.3 Å². The number of fused-ring (bicyclic) bond motifs is 2. The fraction of sp³-hybridized carbons (Fsp3) is 0.111. The smallest absolute Gasteiger partial charge is 0.245 e. The van der Waals surface area contributed by atoms with E-state index in [1.165, 1.54) is 11.8 Å². The average Bonchev–Trinajstić information content (AvgIpc) is 3.67. The molecule has 5 aromatic rings. The van der Waals surface area contributed by atoms with Gasteiger partial charge in [0.25, 0.3) is 0 Å². The van der Waals surface area contributed by atoms with E-state index in [1.54, 1.807) is 24.3 Å². The molecule has 1 amide bonds. The SMILES string of the molecule is CCC(Sc1nc(-c2ccco2)c(-c2ccco2)[nH]1)C(=O)N1c2ccccc2Sc2ccccc21. The maximum Gasteiger partial charge on any atom is 0.245 e. The van der Waals surface area contributed by atoms with Crippen molar-refractivity contribution in [2.45, 2.75) is 33.5 Å². The molecular formula is C27H21N3O3S2. The van der Waals surface area contributed by atoms with Gasteiger partial charge in [0.15, 0.2) is 16.7 Å². The number of nitrogens with zero attached hydrogens (tertiary/aromatic N) is 2. The number of carbonyl (C=O) groups excluding carboxylic acids is 1. The average molecular weight is 500 g/mol. The Hall–Kier alpha value is -3.62. The maximum atomic E-state index is 14.0. The second-order valence-electron chi connectivity index (χ2n) is 7.95. The van der Waals surface area contributed by atoms with Gasteiger partial charge in [0, 0.05) is 9.79 Å². The summed E-state index contributed by atoms with van der Waals surface area (Å²) in [6, 6.07) is 23.5. The minimum atomic E-state index is -0.348. The van der Waals surface area contributed by atoms with Crippen LogP contribution >= 0.6 is 23.5 Å². The van der Waals surface area contributed by atoms with Crippen molar-refractivity contribution in [3.63, 3.8) is 0 Å². The van der Waals surface area contributed by atoms with E-state index in [2.05, 4.69) is 17.1 Å². The maximum absolute atomic E-state index is 14.0. The van der Waals surface area contributed by atoms with Gasteiger partial charge in [-0.3, -0.25) is 9.69 Å². The molecule has 0 spiro atoms. The van der Waals surface area contributed by atoms with Crippen LogP contribution in [-0.4, -0.2) is 21.1 Å². The number of imidazole rings is 1. The van der Waals surface area contributed by atoms with Crippen LogP contribution in [-0.2, 0) is 4.79 Å². The van der Waals surface area contributed by atoms with Gasteiger partial charge in [0.2, 0.25) is 5.91 Å². The van der Waals surface area contributed by atoms with E-state index in [4.69, 9.17) is 13.8 Å². The third-order valence-corrected chi connectivity index (χ3v) is 8.12. The lowest BCUT2D eigenvalue weighted by atomic mass is 10.2. The third kappa shape index (κ3) is 3.98. The number of thioether (sulfide) groups is 1. The molecule has 0 saturated heterocycles. The molecule has 3 aromatic heterocycles. The molecule has 0 fully saturated rings. The van der Waals surface area contributed by atoms with Crippen LogP contribution in [0.4, 0.5) is 11.4 Å². The molecule has 6 rings (SSSR count). The summed E-state index contributed by atoms with van der Waals surface area (Å²) in [7, 11) is 0. The first kappa shape index (κ1) is 21.9. The Morgan fingerprint density at radius 2 is 1.57 bits per heavy atom. The van der Waals surface area contributed by atoms with Crippen molar-refractivity contribution < 1.29 is 13.6 Å². The Morgan fingerprint density at radius 1 is 0.943 bits per heavy atom. The summed E-state index contributed by atoms with van der Waals surface area (Å²) in [5.41, 5.74) is 3.19. The minimum Gasteiger partial charge on any atom is -0.463 e. The number of aromatic amines is 1. The molecule has 1 N–H and O–H groups in total. The van der Waals surface area contributed by atoms with Crippen LogP contribution in [0, 0.1) is 0 Å². The fourth-order valence-electron chi connectivity index (χ4n) is 4.13. The molecular weight excluding hydrogens is 478 g/mol. The highest BCUT2D eigenvalue weighted by Crippen LogP contribution is 2.49. The van der Waals surface area contributed by atoms with E-state index in [0.717, 1.165) is 26.9 Å². The molecule has 8 heteroatoms. The molecule has 1 atom stereocenters. The Bertz CT molecular complexity index is 1380. The number of para-hydroxylation sites is 2. The lowest BCUT2D eigenvalue weighted by Gasteiger charge is -2.33. The van der Waals surface area contributed by atoms with Crippen LogP contribution < -0.4 is 4.90 Å². The number of anilines is 2. The second-order valence-corrected chi connectivity index (χ2v) is 10.2. The van der Waals surface area contributed by atoms with E-state index in [1.807, 2.05) is 72.5 Å². The van der Waals surface area contributed by atoms with E-state index < -0.39 is 0 Å². The zero-order valence-corrected chi connectivity index (χ0v) is 20.4. The summed E-state index contributed by atoms with van der Waals surface area (Å²) in [4.78, 5) is 26.2. The number of hydrogen-bond acceptors (Lipinski definition) is 6. The standard InChI is InChI=1S/C27H21N3O3S2/c1-2-21(26(31)30-17-9-3-5-13-22(17)34-23-14-6-4-10-18(23)30)35-27-28-24(19-11-7-15-32-19)25(29-27)20-12-8-16-33-20/h3-16,21H,2H2,1H3,(H,28,29). The summed E-state index contributed by atoms with van der Waals surface area (Å²) >= 11 is 3.11. The first-order chi connectivity index (χ1) is 17.2. The highest BCUT2D eigenvalue weighted by Gasteiger charge is 2.33. The molecule has 0 radical (unpaired) electrons. The van der Waals surface area contributed by atoms with Gasteiger partial charge in [-0.1, -0.05) is 54.7 Å². The molecule has 4 heterocycles. The Kier molecular flexibility index (Phi) is 5.75. The molecule has 0 bridgehead atoms. The van der Waals surface area contributed by atoms with Crippen molar-refractivity contribution in [1.82, 2.24) is 9.97 Å². The number of amides is 1. The summed E-state index contributed by atoms with van der Waals surface area (Å²) in [5, 5.41) is 0.287. The van der Waals surface area contributed by atoms with Gasteiger partial charge in [0.05, 0.1) is 29.2 Å². The third-order valence-electron chi connectivity index (χ3n) is 5.76. The summed E-state index contributed by atoms with van der Waals surface area (Å²) < 4.78 is 11.2. The van der Waals surface area contributed by atoms with Gasteiger partial charge in [-0.25, -0.2) is 4.98 Å². The van der Waals surface area contributed by atoms with Gasteiger partial charge in [0.1, 0.15) is 11.4 Å². The molecule has 6 nitrogen and oxygen atoms in total. The highest BCUT2D eigenvalue weighted by molar-refractivity contribution is 8.00. The number of carbonyl (C=O) groups is 1. The zero-order chi connectivity index (χ0) is 23.8. The quantitative estimate of drug-likeness (QED) is 0.242. The predicted octanol–water partition coefficient (Wildman–Crippen LogP) is 7.63. The van der Waals surface area contributed by atoms with Crippen LogP contribution in [0.5, 0.6) is 0 Å². The van der Waals surface area contributed by atoms with E-state index in [-0.39, 0.29) is 11.2 Å². The van der Waals surface area contributed by atoms with Crippen LogP contribution in [0.2, 0.25) is 0 Å². The first-order valence-electron chi connectivity index (χ1n) is 11.3. The number of H-pyrrole nitrogens is 1. The lowest BCUT2D eigenvalue weighted by Crippen LogP contribution is -2.35. The topological polar surface area (TPSA) is 75.3 Å². The number of hydrogen-bond donors (Lipinski definition) is 1. The van der Waals surface area contributed by atoms with Crippen molar-refractivity contribution in [2.75, 3.05) is 4.90 Å². The molecule has 174 valence electrons.